The van der Waals surface area contributed by atoms with Crippen molar-refractivity contribution in [3.05, 3.63) is 71.8 Å². The number of anilines is 1. The van der Waals surface area contributed by atoms with Crippen molar-refractivity contribution in [3.63, 3.8) is 0 Å². The van der Waals surface area contributed by atoms with Gasteiger partial charge in [0, 0.05) is 35.9 Å². The molecule has 2 heterocycles. The minimum Gasteiger partial charge on any atom is -0.337 e. The van der Waals surface area contributed by atoms with E-state index < -0.39 is 0 Å². The van der Waals surface area contributed by atoms with Crippen LogP contribution in [0.25, 0.3) is 10.2 Å². The van der Waals surface area contributed by atoms with E-state index in [9.17, 15) is 4.79 Å². The Morgan fingerprint density at radius 3 is 2.87 bits per heavy atom. The van der Waals surface area contributed by atoms with E-state index in [0.29, 0.717) is 12.1 Å². The molecule has 4 rings (SSSR count). The number of fused-ring (bicyclic) bond motifs is 1. The number of thiazole rings is 1. The fraction of sp³-hybridized carbons (Fsp3) is 0.292. The molecule has 1 amide bonds. The number of benzene rings is 2. The van der Waals surface area contributed by atoms with Crippen molar-refractivity contribution in [2.24, 2.45) is 0 Å². The van der Waals surface area contributed by atoms with Crippen LogP contribution >= 0.6 is 23.1 Å². The van der Waals surface area contributed by atoms with E-state index in [4.69, 9.17) is 4.98 Å². The Morgan fingerprint density at radius 2 is 2.10 bits per heavy atom. The van der Waals surface area contributed by atoms with Gasteiger partial charge in [0.05, 0.1) is 16.5 Å². The normalized spacial score (nSPS) is 11.2. The zero-order chi connectivity index (χ0) is 21.8. The smallest absolute Gasteiger partial charge is 0.260 e. The van der Waals surface area contributed by atoms with Crippen LogP contribution in [0.15, 0.2) is 60.0 Å². The number of hydrogen-bond donors (Lipinski definition) is 0. The van der Waals surface area contributed by atoms with E-state index in [0.717, 1.165) is 39.0 Å². The molecule has 0 fully saturated rings. The highest BCUT2D eigenvalue weighted by atomic mass is 32.2. The van der Waals surface area contributed by atoms with Crippen LogP contribution in [0.1, 0.15) is 34.8 Å². The molecule has 2 aromatic heterocycles. The molecule has 0 aliphatic rings. The molecule has 0 saturated heterocycles. The lowest BCUT2D eigenvalue weighted by Gasteiger charge is -2.20. The van der Waals surface area contributed by atoms with Crippen molar-refractivity contribution in [2.45, 2.75) is 38.6 Å². The maximum Gasteiger partial charge on any atom is 0.260 e. The molecule has 160 valence electrons. The molecular formula is C24H26N4OS2. The number of imidazole rings is 1. The SMILES string of the molecule is CCSc1cccc(C(=O)N(CCCn2ccnc2)c2nc3c(C)c(C)ccc3s2)c1. The largest absolute Gasteiger partial charge is 0.337 e. The fourth-order valence-corrected chi connectivity index (χ4v) is 5.25. The third kappa shape index (κ3) is 4.83. The number of nitrogens with zero attached hydrogens (tertiary/aromatic N) is 4. The lowest BCUT2D eigenvalue weighted by Crippen LogP contribution is -2.32. The highest BCUT2D eigenvalue weighted by Gasteiger charge is 2.22. The van der Waals surface area contributed by atoms with Crippen LogP contribution in [0.5, 0.6) is 0 Å². The Kier molecular flexibility index (Phi) is 6.73. The molecule has 2 aromatic carbocycles. The molecule has 7 heteroatoms. The van der Waals surface area contributed by atoms with Gasteiger partial charge in [-0.05, 0) is 61.4 Å². The van der Waals surface area contributed by atoms with Gasteiger partial charge in [0.15, 0.2) is 5.13 Å². The van der Waals surface area contributed by atoms with Crippen LogP contribution in [0, 0.1) is 13.8 Å². The summed E-state index contributed by atoms with van der Waals surface area (Å²) in [5.41, 5.74) is 4.08. The molecule has 4 aromatic rings. The van der Waals surface area contributed by atoms with Gasteiger partial charge in [0.1, 0.15) is 0 Å². The minimum absolute atomic E-state index is 0.00221. The molecule has 0 atom stereocenters. The number of hydrogen-bond acceptors (Lipinski definition) is 5. The summed E-state index contributed by atoms with van der Waals surface area (Å²) in [5.74, 6) is 0.973. The molecular weight excluding hydrogens is 424 g/mol. The molecule has 0 aliphatic heterocycles. The Hall–Kier alpha value is -2.64. The summed E-state index contributed by atoms with van der Waals surface area (Å²) in [6.45, 7) is 7.71. The maximum absolute atomic E-state index is 13.6. The van der Waals surface area contributed by atoms with Crippen molar-refractivity contribution in [2.75, 3.05) is 17.2 Å². The number of amides is 1. The average Bonchev–Trinajstić information content (AvgIpc) is 3.44. The predicted octanol–water partition coefficient (Wildman–Crippen LogP) is 5.96. The maximum atomic E-state index is 13.6. The summed E-state index contributed by atoms with van der Waals surface area (Å²) in [6, 6.07) is 12.1. The van der Waals surface area contributed by atoms with E-state index in [1.807, 2.05) is 33.9 Å². The number of carbonyl (C=O) groups excluding carboxylic acids is 1. The summed E-state index contributed by atoms with van der Waals surface area (Å²) in [5, 5.41) is 0.757. The number of rotatable bonds is 8. The third-order valence-electron chi connectivity index (χ3n) is 5.30. The van der Waals surface area contributed by atoms with Crippen LogP contribution < -0.4 is 4.90 Å². The van der Waals surface area contributed by atoms with Crippen LogP contribution in [0.2, 0.25) is 0 Å². The van der Waals surface area contributed by atoms with E-state index >= 15 is 0 Å². The van der Waals surface area contributed by atoms with Crippen molar-refractivity contribution >= 4 is 44.4 Å². The lowest BCUT2D eigenvalue weighted by atomic mass is 10.1. The topological polar surface area (TPSA) is 51.0 Å². The van der Waals surface area contributed by atoms with E-state index in [-0.39, 0.29) is 5.91 Å². The molecule has 0 spiro atoms. The second-order valence-corrected chi connectivity index (χ2v) is 9.77. The second-order valence-electron chi connectivity index (χ2n) is 7.42. The summed E-state index contributed by atoms with van der Waals surface area (Å²) in [7, 11) is 0. The lowest BCUT2D eigenvalue weighted by molar-refractivity contribution is 0.0986. The quantitative estimate of drug-likeness (QED) is 0.311. The fourth-order valence-electron chi connectivity index (χ4n) is 3.49. The number of carbonyl (C=O) groups is 1. The van der Waals surface area contributed by atoms with Gasteiger partial charge in [0.2, 0.25) is 0 Å². The molecule has 0 unspecified atom stereocenters. The van der Waals surface area contributed by atoms with E-state index in [2.05, 4.69) is 44.0 Å². The summed E-state index contributed by atoms with van der Waals surface area (Å²) in [4.78, 5) is 25.5. The first kappa shape index (κ1) is 21.6. The van der Waals surface area contributed by atoms with Crippen LogP contribution in [0.4, 0.5) is 5.13 Å². The summed E-state index contributed by atoms with van der Waals surface area (Å²) in [6.07, 6.45) is 6.35. The minimum atomic E-state index is -0.00221. The van der Waals surface area contributed by atoms with Crippen LogP contribution in [-0.2, 0) is 6.54 Å². The predicted molar refractivity (Wildman–Crippen MR) is 130 cm³/mol. The van der Waals surface area contributed by atoms with Gasteiger partial charge in [-0.1, -0.05) is 30.4 Å². The highest BCUT2D eigenvalue weighted by Crippen LogP contribution is 2.33. The van der Waals surface area contributed by atoms with Gasteiger partial charge in [-0.25, -0.2) is 9.97 Å². The Bertz CT molecular complexity index is 1180. The van der Waals surface area contributed by atoms with Crippen molar-refractivity contribution < 1.29 is 4.79 Å². The van der Waals surface area contributed by atoms with E-state index in [1.165, 1.54) is 11.1 Å². The molecule has 31 heavy (non-hydrogen) atoms. The highest BCUT2D eigenvalue weighted by molar-refractivity contribution is 7.99. The van der Waals surface area contributed by atoms with Gasteiger partial charge >= 0.3 is 0 Å². The average molecular weight is 451 g/mol. The van der Waals surface area contributed by atoms with Gasteiger partial charge in [0.25, 0.3) is 5.91 Å². The summed E-state index contributed by atoms with van der Waals surface area (Å²) >= 11 is 3.33. The molecule has 0 N–H and O–H groups in total. The zero-order valence-electron chi connectivity index (χ0n) is 18.0. The first-order valence-corrected chi connectivity index (χ1v) is 12.2. The van der Waals surface area contributed by atoms with Crippen molar-refractivity contribution in [1.29, 1.82) is 0 Å². The number of aromatic nitrogens is 3. The van der Waals surface area contributed by atoms with Crippen molar-refractivity contribution in [3.8, 4) is 0 Å². The molecule has 0 saturated carbocycles. The molecule has 0 bridgehead atoms. The van der Waals surface area contributed by atoms with Gasteiger partial charge in [-0.2, -0.15) is 0 Å². The van der Waals surface area contributed by atoms with Gasteiger partial charge in [-0.3, -0.25) is 9.69 Å². The third-order valence-corrected chi connectivity index (χ3v) is 7.22. The first-order valence-electron chi connectivity index (χ1n) is 10.4. The number of aryl methyl sites for hydroxylation is 3. The Balaban J connectivity index is 1.66. The molecule has 5 nitrogen and oxygen atoms in total. The molecule has 0 radical (unpaired) electrons. The monoisotopic (exact) mass is 450 g/mol. The standard InChI is InChI=1S/C24H26N4OS2/c1-4-30-20-8-5-7-19(15-20)23(29)28(13-6-12-27-14-11-25-16-27)24-26-22-18(3)17(2)9-10-21(22)31-24/h5,7-11,14-16H,4,6,12-13H2,1-3H3. The summed E-state index contributed by atoms with van der Waals surface area (Å²) < 4.78 is 3.15. The second kappa shape index (κ2) is 9.66. The first-order chi connectivity index (χ1) is 15.1. The zero-order valence-corrected chi connectivity index (χ0v) is 19.7. The van der Waals surface area contributed by atoms with Crippen LogP contribution in [-0.4, -0.2) is 32.7 Å². The van der Waals surface area contributed by atoms with Crippen molar-refractivity contribution in [1.82, 2.24) is 14.5 Å². The molecule has 0 aliphatic carbocycles. The Labute approximate surface area is 191 Å². The van der Waals surface area contributed by atoms with Gasteiger partial charge < -0.3 is 4.57 Å². The number of thioether (sulfide) groups is 1. The van der Waals surface area contributed by atoms with Crippen LogP contribution in [0.3, 0.4) is 0 Å². The Morgan fingerprint density at radius 1 is 1.23 bits per heavy atom. The van der Waals surface area contributed by atoms with Gasteiger partial charge in [-0.15, -0.1) is 11.8 Å². The van der Waals surface area contributed by atoms with E-state index in [1.54, 1.807) is 35.6 Å².